The van der Waals surface area contributed by atoms with Crippen molar-refractivity contribution in [2.45, 2.75) is 129 Å². The van der Waals surface area contributed by atoms with Gasteiger partial charge in [-0.25, -0.2) is 18.6 Å². The van der Waals surface area contributed by atoms with Gasteiger partial charge in [-0.2, -0.15) is 5.10 Å². The molecule has 4 aromatic rings. The van der Waals surface area contributed by atoms with Crippen LogP contribution in [0.15, 0.2) is 60.8 Å². The van der Waals surface area contributed by atoms with Crippen LogP contribution in [0.25, 0.3) is 28.0 Å². The minimum atomic E-state index is -1.91. The Balaban J connectivity index is 1.39. The number of pyridine rings is 2. The predicted molar refractivity (Wildman–Crippen MR) is 217 cm³/mol. The minimum Gasteiger partial charge on any atom is -0.417 e. The third kappa shape index (κ3) is 9.16. The second kappa shape index (κ2) is 14.7. The van der Waals surface area contributed by atoms with Crippen LogP contribution < -0.4 is 4.72 Å². The Hall–Kier alpha value is -2.55. The molecule has 0 bridgehead atoms. The van der Waals surface area contributed by atoms with Crippen LogP contribution in [0, 0.1) is 11.8 Å². The number of rotatable bonds is 12. The van der Waals surface area contributed by atoms with E-state index in [1.165, 1.54) is 0 Å². The normalized spacial score (nSPS) is 18.8. The fourth-order valence-electron chi connectivity index (χ4n) is 5.71. The molecule has 5 rings (SSSR count). The van der Waals surface area contributed by atoms with Gasteiger partial charge in [-0.3, -0.25) is 4.98 Å². The van der Waals surface area contributed by atoms with Gasteiger partial charge in [-0.15, -0.1) is 0 Å². The van der Waals surface area contributed by atoms with Gasteiger partial charge in [0.15, 0.2) is 22.5 Å². The maximum absolute atomic E-state index is 13.5. The van der Waals surface area contributed by atoms with E-state index >= 15 is 0 Å². The molecular formula is C40H61N5O3SSi2. The summed E-state index contributed by atoms with van der Waals surface area (Å²) in [7, 11) is -4.96. The number of hydrogen-bond acceptors (Lipinski definition) is 6. The molecule has 0 radical (unpaired) electrons. The maximum atomic E-state index is 13.5. The van der Waals surface area contributed by atoms with E-state index in [-0.39, 0.29) is 16.1 Å². The van der Waals surface area contributed by atoms with Crippen molar-refractivity contribution >= 4 is 38.5 Å². The van der Waals surface area contributed by atoms with Crippen LogP contribution >= 0.6 is 0 Å². The van der Waals surface area contributed by atoms with Gasteiger partial charge in [0.05, 0.1) is 57.2 Å². The molecule has 1 N–H and O–H groups in total. The lowest BCUT2D eigenvalue weighted by atomic mass is 9.71. The Morgan fingerprint density at radius 3 is 2.16 bits per heavy atom. The number of fused-ring (bicyclic) bond motifs is 1. The zero-order chi connectivity index (χ0) is 37.6. The molecule has 1 aromatic carbocycles. The van der Waals surface area contributed by atoms with E-state index in [0.29, 0.717) is 18.4 Å². The van der Waals surface area contributed by atoms with Crippen LogP contribution in [0.5, 0.6) is 0 Å². The van der Waals surface area contributed by atoms with Gasteiger partial charge in [0.25, 0.3) is 0 Å². The summed E-state index contributed by atoms with van der Waals surface area (Å²) < 4.78 is 31.5. The molecule has 3 heterocycles. The monoisotopic (exact) mass is 747 g/mol. The highest BCUT2D eigenvalue weighted by Crippen LogP contribution is 2.45. The van der Waals surface area contributed by atoms with E-state index in [4.69, 9.17) is 23.9 Å². The largest absolute Gasteiger partial charge is 0.417 e. The molecule has 3 aromatic heterocycles. The zero-order valence-electron chi connectivity index (χ0n) is 33.3. The average molecular weight is 748 g/mol. The van der Waals surface area contributed by atoms with Crippen molar-refractivity contribution in [1.82, 2.24) is 24.5 Å². The highest BCUT2D eigenvalue weighted by Gasteiger charge is 2.42. The molecule has 278 valence electrons. The molecule has 1 aliphatic carbocycles. The quantitative estimate of drug-likeness (QED) is 0.145. The van der Waals surface area contributed by atoms with Crippen LogP contribution in [0.2, 0.25) is 36.3 Å². The van der Waals surface area contributed by atoms with Crippen LogP contribution in [-0.4, -0.2) is 51.9 Å². The fourth-order valence-corrected chi connectivity index (χ4v) is 8.63. The summed E-state index contributed by atoms with van der Waals surface area (Å²) in [6.07, 6.45) is 3.93. The summed E-state index contributed by atoms with van der Waals surface area (Å²) in [5.74, 6) is 1.59. The fraction of sp³-hybridized carbons (Fsp3) is 0.575. The highest BCUT2D eigenvalue weighted by atomic mass is 32.2. The number of nitrogens with zero attached hydrogens (tertiary/aromatic N) is 4. The van der Waals surface area contributed by atoms with Gasteiger partial charge in [0, 0.05) is 17.6 Å². The van der Waals surface area contributed by atoms with E-state index in [1.54, 1.807) is 0 Å². The number of benzene rings is 1. The van der Waals surface area contributed by atoms with Crippen molar-refractivity contribution in [1.29, 1.82) is 0 Å². The third-order valence-electron chi connectivity index (χ3n) is 11.4. The predicted octanol–water partition coefficient (Wildman–Crippen LogP) is 10.1. The lowest BCUT2D eigenvalue weighted by Gasteiger charge is -2.43. The summed E-state index contributed by atoms with van der Waals surface area (Å²) in [5, 5.41) is 6.08. The van der Waals surface area contributed by atoms with Gasteiger partial charge < -0.3 is 8.85 Å². The van der Waals surface area contributed by atoms with Crippen LogP contribution in [0.1, 0.15) is 92.6 Å². The molecule has 1 aliphatic rings. The molecule has 0 amide bonds. The lowest BCUT2D eigenvalue weighted by molar-refractivity contribution is 0.0912. The van der Waals surface area contributed by atoms with Gasteiger partial charge in [0.2, 0.25) is 0 Å². The molecule has 0 unspecified atom stereocenters. The first kappa shape index (κ1) is 39.7. The van der Waals surface area contributed by atoms with Crippen molar-refractivity contribution in [3.63, 3.8) is 0 Å². The van der Waals surface area contributed by atoms with E-state index < -0.39 is 32.4 Å². The number of nitrogens with one attached hydrogen (secondary N) is 1. The van der Waals surface area contributed by atoms with Crippen LogP contribution in [0.3, 0.4) is 0 Å². The Kier molecular flexibility index (Phi) is 11.4. The Morgan fingerprint density at radius 1 is 0.863 bits per heavy atom. The van der Waals surface area contributed by atoms with E-state index in [2.05, 4.69) is 109 Å². The SMILES string of the molecule is CC(C)(C)[S@@](=O)N[C@@H](c1cccc(-c2ccc3cnn(-c4cccc(CO[Si](C)(C)C(C)(C)C)n4)c3c2)n1)C1CC(CO[Si](C)(C)C(C)(C)C)C1. The molecule has 0 saturated heterocycles. The molecule has 8 nitrogen and oxygen atoms in total. The molecule has 1 saturated carbocycles. The van der Waals surface area contributed by atoms with Crippen LogP contribution in [-0.2, 0) is 26.4 Å². The van der Waals surface area contributed by atoms with E-state index in [1.807, 2.05) is 49.8 Å². The van der Waals surface area contributed by atoms with Crippen molar-refractivity contribution in [3.8, 4) is 17.1 Å². The third-order valence-corrected chi connectivity index (χ3v) is 21.9. The molecule has 1 fully saturated rings. The maximum Gasteiger partial charge on any atom is 0.192 e. The first-order valence-corrected chi connectivity index (χ1v) is 25.4. The first-order valence-electron chi connectivity index (χ1n) is 18.4. The second-order valence-corrected chi connectivity index (χ2v) is 30.1. The Labute approximate surface area is 311 Å². The lowest BCUT2D eigenvalue weighted by Crippen LogP contribution is -2.46. The molecule has 0 aliphatic heterocycles. The summed E-state index contributed by atoms with van der Waals surface area (Å²) in [4.78, 5) is 10.2. The van der Waals surface area contributed by atoms with Crippen molar-refractivity contribution in [2.24, 2.45) is 11.8 Å². The summed E-state index contributed by atoms with van der Waals surface area (Å²) in [6, 6.07) is 18.4. The second-order valence-electron chi connectivity index (χ2n) is 18.5. The Morgan fingerprint density at radius 2 is 1.51 bits per heavy atom. The zero-order valence-corrected chi connectivity index (χ0v) is 36.1. The first-order chi connectivity index (χ1) is 23.6. The van der Waals surface area contributed by atoms with Crippen LogP contribution in [0.4, 0.5) is 0 Å². The summed E-state index contributed by atoms with van der Waals surface area (Å²) >= 11 is 0. The van der Waals surface area contributed by atoms with E-state index in [9.17, 15) is 4.21 Å². The van der Waals surface area contributed by atoms with Gasteiger partial charge >= 0.3 is 0 Å². The van der Waals surface area contributed by atoms with E-state index in [0.717, 1.165) is 58.8 Å². The highest BCUT2D eigenvalue weighted by molar-refractivity contribution is 7.84. The standard InChI is InChI=1S/C40H61N5O3SSi2/c1-38(2,3)49(46)44-37(31-22-28(23-31)26-47-50(10,11)39(4,5)6)34-18-15-17-33(43-34)29-20-21-30-25-41-45(35(30)24-29)36-19-14-16-32(42-36)27-48-51(12,13)40(7,8)9/h14-21,24-25,28,31,37,44H,22-23,26-27H2,1-13H3/t28?,31?,37-,49-/m1/s1. The molecule has 2 atom stereocenters. The van der Waals surface area contributed by atoms with Crippen molar-refractivity contribution < 1.29 is 13.1 Å². The molecular weight excluding hydrogens is 687 g/mol. The molecule has 0 spiro atoms. The summed E-state index contributed by atoms with van der Waals surface area (Å²) in [5.41, 5.74) is 4.64. The minimum absolute atomic E-state index is 0.121. The summed E-state index contributed by atoms with van der Waals surface area (Å²) in [6.45, 7) is 30.1. The van der Waals surface area contributed by atoms with Gasteiger partial charge in [0.1, 0.15) is 0 Å². The topological polar surface area (TPSA) is 91.2 Å². The van der Waals surface area contributed by atoms with Gasteiger partial charge in [-0.1, -0.05) is 65.8 Å². The number of hydrogen-bond donors (Lipinski definition) is 1. The van der Waals surface area contributed by atoms with Crippen molar-refractivity contribution in [3.05, 3.63) is 72.2 Å². The Bertz CT molecular complexity index is 1850. The number of aromatic nitrogens is 4. The smallest absolute Gasteiger partial charge is 0.192 e. The van der Waals surface area contributed by atoms with Crippen molar-refractivity contribution in [2.75, 3.05) is 6.61 Å². The molecule has 11 heteroatoms. The average Bonchev–Trinajstić information content (AvgIpc) is 3.44. The van der Waals surface area contributed by atoms with Gasteiger partial charge in [-0.05, 0) is 112 Å². The molecule has 51 heavy (non-hydrogen) atoms.